The zero-order chi connectivity index (χ0) is 9.84. The third-order valence-electron chi connectivity index (χ3n) is 1.40. The van der Waals surface area contributed by atoms with Gasteiger partial charge in [0.15, 0.2) is 12.4 Å². The Balaban J connectivity index is 2.71. The Kier molecular flexibility index (Phi) is 3.11. The summed E-state index contributed by atoms with van der Waals surface area (Å²) >= 11 is 0. The van der Waals surface area contributed by atoms with Crippen LogP contribution in [0.4, 0.5) is 13.2 Å². The summed E-state index contributed by atoms with van der Waals surface area (Å²) in [6.45, 7) is 0.666. The van der Waals surface area contributed by atoms with Crippen molar-refractivity contribution in [2.45, 2.75) is 13.3 Å². The van der Waals surface area contributed by atoms with E-state index in [1.54, 1.807) is 0 Å². The van der Waals surface area contributed by atoms with Crippen molar-refractivity contribution < 1.29 is 17.9 Å². The average Bonchev–Trinajstić information content (AvgIpc) is 2.07. The maximum atomic E-state index is 13.0. The molecule has 0 amide bonds. The van der Waals surface area contributed by atoms with E-state index in [4.69, 9.17) is 0 Å². The SMILES string of the molecule is Cc1ccnc(OCC(F)F)c1F. The van der Waals surface area contributed by atoms with E-state index in [1.165, 1.54) is 19.2 Å². The molecule has 0 saturated carbocycles. The predicted octanol–water partition coefficient (Wildman–Crippen LogP) is 2.17. The fourth-order valence-electron chi connectivity index (χ4n) is 0.758. The summed E-state index contributed by atoms with van der Waals surface area (Å²) in [5.41, 5.74) is 0.319. The number of aromatic nitrogens is 1. The highest BCUT2D eigenvalue weighted by atomic mass is 19.3. The standard InChI is InChI=1S/C8H8F3NO/c1-5-2-3-12-8(7(5)11)13-4-6(9)10/h2-3,6H,4H2,1H3. The Morgan fingerprint density at radius 2 is 2.23 bits per heavy atom. The first-order valence-corrected chi connectivity index (χ1v) is 3.63. The minimum absolute atomic E-state index is 0.319. The summed E-state index contributed by atoms with van der Waals surface area (Å²) < 4.78 is 40.8. The van der Waals surface area contributed by atoms with Gasteiger partial charge in [0, 0.05) is 6.20 Å². The van der Waals surface area contributed by atoms with E-state index in [9.17, 15) is 13.2 Å². The molecule has 72 valence electrons. The van der Waals surface area contributed by atoms with Gasteiger partial charge >= 0.3 is 0 Å². The number of nitrogens with zero attached hydrogens (tertiary/aromatic N) is 1. The Bertz CT molecular complexity index is 291. The van der Waals surface area contributed by atoms with Gasteiger partial charge in [0.2, 0.25) is 0 Å². The maximum Gasteiger partial charge on any atom is 0.272 e. The van der Waals surface area contributed by atoms with E-state index in [0.717, 1.165) is 0 Å². The smallest absolute Gasteiger partial charge is 0.272 e. The van der Waals surface area contributed by atoms with Crippen LogP contribution >= 0.6 is 0 Å². The minimum atomic E-state index is -2.62. The largest absolute Gasteiger partial charge is 0.470 e. The lowest BCUT2D eigenvalue weighted by molar-refractivity contribution is 0.0773. The summed E-state index contributed by atoms with van der Waals surface area (Å²) in [6.07, 6.45) is -1.32. The van der Waals surface area contributed by atoms with Crippen LogP contribution in [0.3, 0.4) is 0 Å². The Hall–Kier alpha value is -1.26. The second-order valence-electron chi connectivity index (χ2n) is 2.45. The molecule has 0 fully saturated rings. The Labute approximate surface area is 73.4 Å². The van der Waals surface area contributed by atoms with Crippen LogP contribution in [-0.2, 0) is 0 Å². The van der Waals surface area contributed by atoms with Crippen LogP contribution in [0.1, 0.15) is 5.56 Å². The number of aryl methyl sites for hydroxylation is 1. The van der Waals surface area contributed by atoms with Gasteiger partial charge in [-0.1, -0.05) is 0 Å². The third kappa shape index (κ3) is 2.61. The molecule has 0 spiro atoms. The van der Waals surface area contributed by atoms with E-state index in [1.807, 2.05) is 0 Å². The van der Waals surface area contributed by atoms with E-state index in [0.29, 0.717) is 5.56 Å². The molecule has 0 atom stereocenters. The summed E-state index contributed by atoms with van der Waals surface area (Å²) in [5.74, 6) is -1.07. The first kappa shape index (κ1) is 9.83. The van der Waals surface area contributed by atoms with Gasteiger partial charge in [0.1, 0.15) is 0 Å². The lowest BCUT2D eigenvalue weighted by Gasteiger charge is -2.05. The molecule has 0 bridgehead atoms. The van der Waals surface area contributed by atoms with Gasteiger partial charge in [-0.25, -0.2) is 18.2 Å². The first-order valence-electron chi connectivity index (χ1n) is 3.63. The van der Waals surface area contributed by atoms with Crippen LogP contribution < -0.4 is 4.74 Å². The molecule has 0 N–H and O–H groups in total. The van der Waals surface area contributed by atoms with Crippen molar-refractivity contribution in [2.75, 3.05) is 6.61 Å². The van der Waals surface area contributed by atoms with Gasteiger partial charge in [-0.15, -0.1) is 0 Å². The highest BCUT2D eigenvalue weighted by Gasteiger charge is 2.10. The van der Waals surface area contributed by atoms with Gasteiger partial charge in [-0.2, -0.15) is 0 Å². The molecule has 5 heteroatoms. The molecule has 1 aromatic rings. The van der Waals surface area contributed by atoms with Crippen LogP contribution in [0, 0.1) is 12.7 Å². The molecule has 0 radical (unpaired) electrons. The quantitative estimate of drug-likeness (QED) is 0.730. The van der Waals surface area contributed by atoms with Gasteiger partial charge in [-0.05, 0) is 18.6 Å². The molecular weight excluding hydrogens is 183 g/mol. The molecule has 0 aliphatic rings. The number of rotatable bonds is 3. The third-order valence-corrected chi connectivity index (χ3v) is 1.40. The average molecular weight is 191 g/mol. The van der Waals surface area contributed by atoms with Crippen LogP contribution in [-0.4, -0.2) is 18.0 Å². The summed E-state index contributed by atoms with van der Waals surface area (Å²) in [4.78, 5) is 3.48. The summed E-state index contributed by atoms with van der Waals surface area (Å²) in [5, 5.41) is 0. The van der Waals surface area contributed by atoms with Crippen molar-refractivity contribution in [3.63, 3.8) is 0 Å². The molecule has 1 rings (SSSR count). The van der Waals surface area contributed by atoms with Crippen LogP contribution in [0.2, 0.25) is 0 Å². The molecule has 0 unspecified atom stereocenters. The minimum Gasteiger partial charge on any atom is -0.470 e. The maximum absolute atomic E-state index is 13.0. The van der Waals surface area contributed by atoms with E-state index >= 15 is 0 Å². The fourth-order valence-corrected chi connectivity index (χ4v) is 0.758. The number of hydrogen-bond acceptors (Lipinski definition) is 2. The van der Waals surface area contributed by atoms with Crippen LogP contribution in [0.15, 0.2) is 12.3 Å². The normalized spacial score (nSPS) is 10.5. The number of ether oxygens (including phenoxy) is 1. The summed E-state index contributed by atoms with van der Waals surface area (Å²) in [7, 11) is 0. The van der Waals surface area contributed by atoms with Gasteiger partial charge in [0.05, 0.1) is 0 Å². The molecule has 2 nitrogen and oxygen atoms in total. The van der Waals surface area contributed by atoms with Crippen LogP contribution in [0.25, 0.3) is 0 Å². The number of alkyl halides is 2. The van der Waals surface area contributed by atoms with Crippen molar-refractivity contribution in [1.29, 1.82) is 0 Å². The van der Waals surface area contributed by atoms with Gasteiger partial charge in [0.25, 0.3) is 12.3 Å². The Morgan fingerprint density at radius 1 is 1.54 bits per heavy atom. The van der Waals surface area contributed by atoms with Crippen molar-refractivity contribution >= 4 is 0 Å². The van der Waals surface area contributed by atoms with Crippen LogP contribution in [0.5, 0.6) is 5.88 Å². The van der Waals surface area contributed by atoms with Crippen molar-refractivity contribution in [3.8, 4) is 5.88 Å². The topological polar surface area (TPSA) is 22.1 Å². The summed E-state index contributed by atoms with van der Waals surface area (Å²) in [6, 6.07) is 1.44. The molecule has 0 aliphatic heterocycles. The van der Waals surface area contributed by atoms with E-state index < -0.39 is 18.8 Å². The van der Waals surface area contributed by atoms with Crippen molar-refractivity contribution in [1.82, 2.24) is 4.98 Å². The number of halogens is 3. The van der Waals surface area contributed by atoms with E-state index in [2.05, 4.69) is 9.72 Å². The second-order valence-corrected chi connectivity index (χ2v) is 2.45. The lowest BCUT2D eigenvalue weighted by atomic mass is 10.3. The number of hydrogen-bond donors (Lipinski definition) is 0. The lowest BCUT2D eigenvalue weighted by Crippen LogP contribution is -2.09. The predicted molar refractivity (Wildman–Crippen MR) is 40.4 cm³/mol. The highest BCUT2D eigenvalue weighted by molar-refractivity contribution is 5.21. The van der Waals surface area contributed by atoms with Crippen molar-refractivity contribution in [3.05, 3.63) is 23.6 Å². The monoisotopic (exact) mass is 191 g/mol. The molecule has 0 aliphatic carbocycles. The number of pyridine rings is 1. The molecule has 13 heavy (non-hydrogen) atoms. The van der Waals surface area contributed by atoms with E-state index in [-0.39, 0.29) is 5.88 Å². The highest BCUT2D eigenvalue weighted by Crippen LogP contribution is 2.16. The zero-order valence-electron chi connectivity index (χ0n) is 6.93. The second kappa shape index (κ2) is 4.11. The first-order chi connectivity index (χ1) is 6.11. The molecule has 0 aromatic carbocycles. The molecule has 0 saturated heterocycles. The zero-order valence-corrected chi connectivity index (χ0v) is 6.93. The molecule has 1 heterocycles. The van der Waals surface area contributed by atoms with Gasteiger partial charge < -0.3 is 4.74 Å². The Morgan fingerprint density at radius 3 is 2.85 bits per heavy atom. The fraction of sp³-hybridized carbons (Fsp3) is 0.375. The molecule has 1 aromatic heterocycles. The van der Waals surface area contributed by atoms with Gasteiger partial charge in [-0.3, -0.25) is 0 Å². The molecular formula is C8H8F3NO. The van der Waals surface area contributed by atoms with Crippen molar-refractivity contribution in [2.24, 2.45) is 0 Å².